The standard InChI is InChI=1S/C14H12N4O2/c19-18(20)13-7-2-1-4-10(13)8-15-12-6-3-5-11-9-16-17-14(11)12/h1-7,9,15H,8H2,(H,16,17). The SMILES string of the molecule is O=[N+]([O-])c1ccccc1CNc1cccc2cn[nH]c12. The molecule has 3 rings (SSSR count). The van der Waals surface area contributed by atoms with Crippen molar-refractivity contribution in [2.75, 3.05) is 5.32 Å². The molecule has 0 atom stereocenters. The minimum atomic E-state index is -0.367. The number of aromatic nitrogens is 2. The maximum atomic E-state index is 11.0. The van der Waals surface area contributed by atoms with Crippen molar-refractivity contribution in [1.82, 2.24) is 10.2 Å². The van der Waals surface area contributed by atoms with E-state index < -0.39 is 0 Å². The summed E-state index contributed by atoms with van der Waals surface area (Å²) in [6, 6.07) is 12.5. The van der Waals surface area contributed by atoms with E-state index in [9.17, 15) is 10.1 Å². The summed E-state index contributed by atoms with van der Waals surface area (Å²) in [5, 5.41) is 22.1. The highest BCUT2D eigenvalue weighted by atomic mass is 16.6. The predicted molar refractivity (Wildman–Crippen MR) is 76.5 cm³/mol. The molecule has 2 N–H and O–H groups in total. The molecule has 6 heteroatoms. The van der Waals surface area contributed by atoms with Crippen molar-refractivity contribution in [2.24, 2.45) is 0 Å². The molecule has 0 aliphatic rings. The van der Waals surface area contributed by atoms with Crippen molar-refractivity contribution in [1.29, 1.82) is 0 Å². The molecule has 0 bridgehead atoms. The Bertz CT molecular complexity index is 766. The molecule has 100 valence electrons. The third kappa shape index (κ3) is 2.18. The molecule has 0 saturated heterocycles. The van der Waals surface area contributed by atoms with Crippen molar-refractivity contribution in [3.63, 3.8) is 0 Å². The minimum absolute atomic E-state index is 0.122. The van der Waals surface area contributed by atoms with Crippen LogP contribution in [0.1, 0.15) is 5.56 Å². The van der Waals surface area contributed by atoms with Crippen LogP contribution >= 0.6 is 0 Å². The molecule has 20 heavy (non-hydrogen) atoms. The van der Waals surface area contributed by atoms with E-state index in [0.29, 0.717) is 12.1 Å². The molecule has 0 saturated carbocycles. The lowest BCUT2D eigenvalue weighted by molar-refractivity contribution is -0.385. The van der Waals surface area contributed by atoms with E-state index in [-0.39, 0.29) is 10.6 Å². The normalized spacial score (nSPS) is 10.6. The Morgan fingerprint density at radius 1 is 1.20 bits per heavy atom. The average molecular weight is 268 g/mol. The summed E-state index contributed by atoms with van der Waals surface area (Å²) in [4.78, 5) is 10.6. The fourth-order valence-corrected chi connectivity index (χ4v) is 2.15. The molecule has 0 spiro atoms. The van der Waals surface area contributed by atoms with Gasteiger partial charge in [-0.15, -0.1) is 0 Å². The lowest BCUT2D eigenvalue weighted by Gasteiger charge is -2.07. The van der Waals surface area contributed by atoms with Crippen LogP contribution in [-0.2, 0) is 6.54 Å². The summed E-state index contributed by atoms with van der Waals surface area (Å²) in [6.07, 6.45) is 1.74. The van der Waals surface area contributed by atoms with Gasteiger partial charge in [0.2, 0.25) is 0 Å². The topological polar surface area (TPSA) is 83.8 Å². The van der Waals surface area contributed by atoms with Crippen LogP contribution < -0.4 is 5.32 Å². The molecule has 6 nitrogen and oxygen atoms in total. The summed E-state index contributed by atoms with van der Waals surface area (Å²) in [6.45, 7) is 0.384. The fraction of sp³-hybridized carbons (Fsp3) is 0.0714. The Hall–Kier alpha value is -2.89. The summed E-state index contributed by atoms with van der Waals surface area (Å²) in [5.74, 6) is 0. The molecule has 1 heterocycles. The largest absolute Gasteiger partial charge is 0.379 e. The molecule has 2 aromatic carbocycles. The zero-order valence-corrected chi connectivity index (χ0v) is 10.5. The number of nitro groups is 1. The van der Waals surface area contributed by atoms with Gasteiger partial charge >= 0.3 is 0 Å². The van der Waals surface area contributed by atoms with Gasteiger partial charge in [0.1, 0.15) is 0 Å². The lowest BCUT2D eigenvalue weighted by atomic mass is 10.1. The van der Waals surface area contributed by atoms with Crippen molar-refractivity contribution in [3.8, 4) is 0 Å². The highest BCUT2D eigenvalue weighted by Crippen LogP contribution is 2.23. The third-order valence-corrected chi connectivity index (χ3v) is 3.13. The van der Waals surface area contributed by atoms with Crippen molar-refractivity contribution < 1.29 is 4.92 Å². The molecule has 0 amide bonds. The Kier molecular flexibility index (Phi) is 3.04. The van der Waals surface area contributed by atoms with E-state index in [0.717, 1.165) is 16.6 Å². The van der Waals surface area contributed by atoms with Crippen LogP contribution in [0.2, 0.25) is 0 Å². The number of para-hydroxylation sites is 2. The molecule has 0 radical (unpaired) electrons. The number of benzene rings is 2. The molecular formula is C14H12N4O2. The van der Waals surface area contributed by atoms with Gasteiger partial charge in [0.05, 0.1) is 22.3 Å². The van der Waals surface area contributed by atoms with Crippen LogP contribution in [0.15, 0.2) is 48.7 Å². The Labute approximate surface area is 114 Å². The smallest absolute Gasteiger partial charge is 0.274 e. The number of rotatable bonds is 4. The number of hydrogen-bond donors (Lipinski definition) is 2. The fourth-order valence-electron chi connectivity index (χ4n) is 2.15. The van der Waals surface area contributed by atoms with Crippen molar-refractivity contribution in [2.45, 2.75) is 6.54 Å². The average Bonchev–Trinajstić information content (AvgIpc) is 2.94. The number of nitro benzene ring substituents is 1. The molecule has 0 fully saturated rings. The van der Waals surface area contributed by atoms with Gasteiger partial charge in [0.15, 0.2) is 0 Å². The zero-order chi connectivity index (χ0) is 13.9. The van der Waals surface area contributed by atoms with Crippen molar-refractivity contribution >= 4 is 22.3 Å². The number of hydrogen-bond acceptors (Lipinski definition) is 4. The number of fused-ring (bicyclic) bond motifs is 1. The van der Waals surface area contributed by atoms with Gasteiger partial charge in [-0.3, -0.25) is 15.2 Å². The van der Waals surface area contributed by atoms with Crippen LogP contribution in [0, 0.1) is 10.1 Å². The van der Waals surface area contributed by atoms with E-state index in [1.54, 1.807) is 24.4 Å². The van der Waals surface area contributed by atoms with E-state index >= 15 is 0 Å². The van der Waals surface area contributed by atoms with Gasteiger partial charge in [0, 0.05) is 23.6 Å². The second kappa shape index (κ2) is 5.00. The summed E-state index contributed by atoms with van der Waals surface area (Å²) >= 11 is 0. The summed E-state index contributed by atoms with van der Waals surface area (Å²) in [5.41, 5.74) is 2.54. The molecule has 0 aliphatic carbocycles. The van der Waals surface area contributed by atoms with Crippen LogP contribution in [0.3, 0.4) is 0 Å². The van der Waals surface area contributed by atoms with Crippen LogP contribution in [0.5, 0.6) is 0 Å². The van der Waals surface area contributed by atoms with Crippen LogP contribution in [-0.4, -0.2) is 15.1 Å². The number of nitrogens with one attached hydrogen (secondary N) is 2. The zero-order valence-electron chi connectivity index (χ0n) is 10.5. The molecule has 3 aromatic rings. The molecule has 0 unspecified atom stereocenters. The van der Waals surface area contributed by atoms with Crippen LogP contribution in [0.25, 0.3) is 10.9 Å². The van der Waals surface area contributed by atoms with E-state index in [4.69, 9.17) is 0 Å². The predicted octanol–water partition coefficient (Wildman–Crippen LogP) is 3.08. The van der Waals surface area contributed by atoms with Gasteiger partial charge in [0.25, 0.3) is 5.69 Å². The van der Waals surface area contributed by atoms with Gasteiger partial charge in [-0.25, -0.2) is 0 Å². The number of H-pyrrole nitrogens is 1. The summed E-state index contributed by atoms with van der Waals surface area (Å²) < 4.78 is 0. The van der Waals surface area contributed by atoms with Crippen molar-refractivity contribution in [3.05, 3.63) is 64.3 Å². The van der Waals surface area contributed by atoms with Gasteiger partial charge in [-0.2, -0.15) is 5.10 Å². The first-order valence-corrected chi connectivity index (χ1v) is 6.14. The number of anilines is 1. The first kappa shape index (κ1) is 12.2. The second-order valence-electron chi connectivity index (χ2n) is 4.38. The highest BCUT2D eigenvalue weighted by molar-refractivity contribution is 5.89. The minimum Gasteiger partial charge on any atom is -0.379 e. The van der Waals surface area contributed by atoms with Gasteiger partial charge < -0.3 is 5.32 Å². The molecule has 1 aromatic heterocycles. The Balaban J connectivity index is 1.87. The van der Waals surface area contributed by atoms with Gasteiger partial charge in [-0.1, -0.05) is 30.3 Å². The Morgan fingerprint density at radius 2 is 2.05 bits per heavy atom. The highest BCUT2D eigenvalue weighted by Gasteiger charge is 2.12. The van der Waals surface area contributed by atoms with E-state index in [1.807, 2.05) is 18.2 Å². The quantitative estimate of drug-likeness (QED) is 0.562. The number of nitrogens with zero attached hydrogens (tertiary/aromatic N) is 2. The summed E-state index contributed by atoms with van der Waals surface area (Å²) in [7, 11) is 0. The maximum Gasteiger partial charge on any atom is 0.274 e. The Morgan fingerprint density at radius 3 is 2.90 bits per heavy atom. The number of aromatic amines is 1. The first-order chi connectivity index (χ1) is 9.75. The second-order valence-corrected chi connectivity index (χ2v) is 4.38. The molecular weight excluding hydrogens is 256 g/mol. The van der Waals surface area contributed by atoms with Gasteiger partial charge in [-0.05, 0) is 6.07 Å². The third-order valence-electron chi connectivity index (χ3n) is 3.13. The van der Waals surface area contributed by atoms with E-state index in [1.165, 1.54) is 6.07 Å². The molecule has 0 aliphatic heterocycles. The first-order valence-electron chi connectivity index (χ1n) is 6.14. The van der Waals surface area contributed by atoms with E-state index in [2.05, 4.69) is 15.5 Å². The maximum absolute atomic E-state index is 11.0. The lowest BCUT2D eigenvalue weighted by Crippen LogP contribution is -2.03. The monoisotopic (exact) mass is 268 g/mol. The van der Waals surface area contributed by atoms with Crippen LogP contribution in [0.4, 0.5) is 11.4 Å².